The van der Waals surface area contributed by atoms with Crippen molar-refractivity contribution in [3.63, 3.8) is 0 Å². The maximum absolute atomic E-state index is 13.1. The van der Waals surface area contributed by atoms with E-state index in [4.69, 9.17) is 0 Å². The van der Waals surface area contributed by atoms with Crippen molar-refractivity contribution < 1.29 is 4.21 Å². The second kappa shape index (κ2) is 9.84. The second-order valence-electron chi connectivity index (χ2n) is 9.25. The van der Waals surface area contributed by atoms with Gasteiger partial charge in [0.2, 0.25) is 0 Å². The average Bonchev–Trinajstić information content (AvgIpc) is 2.67. The van der Waals surface area contributed by atoms with Crippen LogP contribution in [0.2, 0.25) is 0 Å². The maximum Gasteiger partial charge on any atom is 0.0981 e. The molecule has 2 unspecified atom stereocenters. The SMILES string of the molecule is CC(C)N(N=Nc1ccccc1C(C)(NS(=O)C(C)(C)C)c1ccccc1)C(C)C. The van der Waals surface area contributed by atoms with Crippen LogP contribution in [0.1, 0.15) is 66.5 Å². The Labute approximate surface area is 184 Å². The summed E-state index contributed by atoms with van der Waals surface area (Å²) in [4.78, 5) is 0. The Morgan fingerprint density at radius 1 is 0.867 bits per heavy atom. The molecule has 0 bridgehead atoms. The zero-order valence-corrected chi connectivity index (χ0v) is 20.3. The van der Waals surface area contributed by atoms with E-state index >= 15 is 0 Å². The van der Waals surface area contributed by atoms with Crippen molar-refractivity contribution >= 4 is 16.7 Å². The molecule has 0 aliphatic heterocycles. The van der Waals surface area contributed by atoms with Gasteiger partial charge in [-0.25, -0.2) is 8.93 Å². The number of nitrogens with one attached hydrogen (secondary N) is 1. The molecular formula is C24H36N4OS. The van der Waals surface area contributed by atoms with Crippen LogP contribution in [0.4, 0.5) is 5.69 Å². The summed E-state index contributed by atoms with van der Waals surface area (Å²) in [6, 6.07) is 18.5. The van der Waals surface area contributed by atoms with E-state index in [1.807, 2.05) is 68.2 Å². The summed E-state index contributed by atoms with van der Waals surface area (Å²) in [7, 11) is -1.28. The molecule has 0 spiro atoms. The Bertz CT molecular complexity index is 866. The average molecular weight is 429 g/mol. The zero-order chi connectivity index (χ0) is 22.5. The Kier molecular flexibility index (Phi) is 7.94. The van der Waals surface area contributed by atoms with Crippen molar-refractivity contribution in [2.24, 2.45) is 10.3 Å². The number of nitrogens with zero attached hydrogens (tertiary/aromatic N) is 3. The number of rotatable bonds is 8. The lowest BCUT2D eigenvalue weighted by Crippen LogP contribution is -2.47. The molecule has 30 heavy (non-hydrogen) atoms. The predicted molar refractivity (Wildman–Crippen MR) is 127 cm³/mol. The summed E-state index contributed by atoms with van der Waals surface area (Å²) in [5.74, 6) is 0. The zero-order valence-electron chi connectivity index (χ0n) is 19.5. The first kappa shape index (κ1) is 24.2. The first-order chi connectivity index (χ1) is 14.0. The third-order valence-corrected chi connectivity index (χ3v) is 6.67. The predicted octanol–water partition coefficient (Wildman–Crippen LogP) is 6.12. The van der Waals surface area contributed by atoms with Crippen molar-refractivity contribution in [1.29, 1.82) is 0 Å². The summed E-state index contributed by atoms with van der Waals surface area (Å²) in [6.07, 6.45) is 0. The van der Waals surface area contributed by atoms with Crippen LogP contribution in [-0.4, -0.2) is 26.0 Å². The summed E-state index contributed by atoms with van der Waals surface area (Å²) >= 11 is 0. The molecule has 0 aliphatic rings. The molecule has 2 atom stereocenters. The van der Waals surface area contributed by atoms with Gasteiger partial charge in [0.25, 0.3) is 0 Å². The van der Waals surface area contributed by atoms with Crippen LogP contribution >= 0.6 is 0 Å². The van der Waals surface area contributed by atoms with E-state index in [9.17, 15) is 4.21 Å². The lowest BCUT2D eigenvalue weighted by Gasteiger charge is -2.35. The minimum Gasteiger partial charge on any atom is -0.273 e. The number of hydrogen-bond acceptors (Lipinski definition) is 3. The third-order valence-electron chi connectivity index (χ3n) is 4.96. The Balaban J connectivity index is 2.59. The summed E-state index contributed by atoms with van der Waals surface area (Å²) < 4.78 is 16.1. The fourth-order valence-electron chi connectivity index (χ4n) is 3.27. The molecule has 1 N–H and O–H groups in total. The first-order valence-electron chi connectivity index (χ1n) is 10.5. The molecule has 6 heteroatoms. The highest BCUT2D eigenvalue weighted by Crippen LogP contribution is 2.37. The molecule has 2 aromatic carbocycles. The van der Waals surface area contributed by atoms with Gasteiger partial charge in [-0.2, -0.15) is 0 Å². The van der Waals surface area contributed by atoms with Gasteiger partial charge >= 0.3 is 0 Å². The first-order valence-corrected chi connectivity index (χ1v) is 11.7. The van der Waals surface area contributed by atoms with Gasteiger partial charge < -0.3 is 0 Å². The van der Waals surface area contributed by atoms with Crippen LogP contribution < -0.4 is 4.72 Å². The highest BCUT2D eigenvalue weighted by atomic mass is 32.2. The number of benzene rings is 2. The topological polar surface area (TPSA) is 57.1 Å². The van der Waals surface area contributed by atoms with Gasteiger partial charge in [-0.1, -0.05) is 53.8 Å². The molecular weight excluding hydrogens is 392 g/mol. The van der Waals surface area contributed by atoms with Crippen molar-refractivity contribution in [2.45, 2.75) is 77.8 Å². The molecule has 0 radical (unpaired) electrons. The molecule has 0 fully saturated rings. The monoisotopic (exact) mass is 428 g/mol. The van der Waals surface area contributed by atoms with Crippen LogP contribution in [0.15, 0.2) is 64.9 Å². The summed E-state index contributed by atoms with van der Waals surface area (Å²) in [6.45, 7) is 16.4. The minimum atomic E-state index is -1.28. The molecule has 0 amide bonds. The van der Waals surface area contributed by atoms with Crippen molar-refractivity contribution in [3.8, 4) is 0 Å². The highest BCUT2D eigenvalue weighted by molar-refractivity contribution is 7.84. The fraction of sp³-hybridized carbons (Fsp3) is 0.500. The highest BCUT2D eigenvalue weighted by Gasteiger charge is 2.35. The maximum atomic E-state index is 13.1. The number of hydrogen-bond donors (Lipinski definition) is 1. The van der Waals surface area contributed by atoms with Crippen molar-refractivity contribution in [2.75, 3.05) is 0 Å². The summed E-state index contributed by atoms with van der Waals surface area (Å²) in [5, 5.41) is 11.1. The van der Waals surface area contributed by atoms with Gasteiger partial charge in [0.1, 0.15) is 0 Å². The van der Waals surface area contributed by atoms with Crippen LogP contribution in [0.25, 0.3) is 0 Å². The van der Waals surface area contributed by atoms with Gasteiger partial charge in [0.05, 0.1) is 27.0 Å². The Hall–Kier alpha value is -2.05. The second-order valence-corrected chi connectivity index (χ2v) is 11.2. The van der Waals surface area contributed by atoms with E-state index in [0.29, 0.717) is 0 Å². The summed E-state index contributed by atoms with van der Waals surface area (Å²) in [5.41, 5.74) is 2.02. The van der Waals surface area contributed by atoms with E-state index in [2.05, 4.69) is 61.8 Å². The molecule has 2 aromatic rings. The molecule has 0 aromatic heterocycles. The molecule has 164 valence electrons. The molecule has 2 rings (SSSR count). The Morgan fingerprint density at radius 2 is 1.40 bits per heavy atom. The normalized spacial score (nSPS) is 15.5. The van der Waals surface area contributed by atoms with Crippen LogP contribution in [0, 0.1) is 0 Å². The standard InChI is InChI=1S/C24H36N4OS/c1-18(2)28(19(3)4)27-25-22-17-13-12-16-21(22)24(8,20-14-10-9-11-15-20)26-30(29)23(5,6)7/h9-19,26H,1-8H3. The molecule has 5 nitrogen and oxygen atoms in total. The van der Waals surface area contributed by atoms with Crippen LogP contribution in [0.3, 0.4) is 0 Å². The quantitative estimate of drug-likeness (QED) is 0.407. The van der Waals surface area contributed by atoms with Crippen LogP contribution in [0.5, 0.6) is 0 Å². The van der Waals surface area contributed by atoms with Crippen LogP contribution in [-0.2, 0) is 16.5 Å². The van der Waals surface area contributed by atoms with Gasteiger partial charge in [0.15, 0.2) is 0 Å². The van der Waals surface area contributed by atoms with Gasteiger partial charge in [-0.3, -0.25) is 5.01 Å². The van der Waals surface area contributed by atoms with E-state index in [-0.39, 0.29) is 12.1 Å². The van der Waals surface area contributed by atoms with Gasteiger partial charge in [-0.15, -0.1) is 5.11 Å². The van der Waals surface area contributed by atoms with Gasteiger partial charge in [-0.05, 0) is 67.0 Å². The molecule has 0 heterocycles. The lowest BCUT2D eigenvalue weighted by atomic mass is 9.85. The smallest absolute Gasteiger partial charge is 0.0981 e. The van der Waals surface area contributed by atoms with Crippen molar-refractivity contribution in [1.82, 2.24) is 9.73 Å². The largest absolute Gasteiger partial charge is 0.273 e. The third kappa shape index (κ3) is 5.76. The molecule has 0 saturated heterocycles. The Morgan fingerprint density at radius 3 is 1.93 bits per heavy atom. The van der Waals surface area contributed by atoms with E-state index in [0.717, 1.165) is 16.8 Å². The minimum absolute atomic E-state index is 0.243. The lowest BCUT2D eigenvalue weighted by molar-refractivity contribution is 0.169. The van der Waals surface area contributed by atoms with E-state index < -0.39 is 21.3 Å². The fourth-order valence-corrected chi connectivity index (χ4v) is 4.17. The molecule has 0 saturated carbocycles. The van der Waals surface area contributed by atoms with Gasteiger partial charge in [0, 0.05) is 17.6 Å². The van der Waals surface area contributed by atoms with E-state index in [1.54, 1.807) is 0 Å². The van der Waals surface area contributed by atoms with Crippen molar-refractivity contribution in [3.05, 3.63) is 65.7 Å². The molecule has 0 aliphatic carbocycles. The van der Waals surface area contributed by atoms with E-state index in [1.165, 1.54) is 0 Å².